The van der Waals surface area contributed by atoms with Crippen LogP contribution < -0.4 is 0 Å². The van der Waals surface area contributed by atoms with Crippen molar-refractivity contribution in [3.05, 3.63) is 6.42 Å². The van der Waals surface area contributed by atoms with Crippen LogP contribution in [-0.4, -0.2) is 13.1 Å². The van der Waals surface area contributed by atoms with E-state index in [9.17, 15) is 4.79 Å². The number of carbonyl (C=O) groups excluding carboxylic acids is 1. The second-order valence-corrected chi connectivity index (χ2v) is 0.838. The first-order chi connectivity index (χ1) is 2.91. The highest BCUT2D eigenvalue weighted by Crippen LogP contribution is 1.69. The first-order valence-electron chi connectivity index (χ1n) is 1.75. The molecule has 0 spiro atoms. The first-order valence-corrected chi connectivity index (χ1v) is 1.75. The van der Waals surface area contributed by atoms with Crippen LogP contribution in [0.3, 0.4) is 0 Å². The monoisotopic (exact) mass is 87.0 g/mol. The third kappa shape index (κ3) is 3.47. The number of rotatable bonds is 3. The minimum Gasteiger partial charge on any atom is -0.468 e. The van der Waals surface area contributed by atoms with Crippen LogP contribution in [0.1, 0.15) is 6.92 Å². The molecular weight excluding hydrogens is 80.0 g/mol. The van der Waals surface area contributed by atoms with Crippen LogP contribution in [0.5, 0.6) is 0 Å². The molecule has 0 aliphatic carbocycles. The van der Waals surface area contributed by atoms with Gasteiger partial charge in [0, 0.05) is 0 Å². The van der Waals surface area contributed by atoms with Gasteiger partial charge in [0.1, 0.15) is 0 Å². The highest BCUT2D eigenvalue weighted by atomic mass is 16.5. The summed E-state index contributed by atoms with van der Waals surface area (Å²) in [6.45, 7) is 2.67. The van der Waals surface area contributed by atoms with Gasteiger partial charge in [0.05, 0.1) is 6.61 Å². The minimum atomic E-state index is 0.420. The first kappa shape index (κ1) is 5.47. The van der Waals surface area contributed by atoms with E-state index in [1.807, 2.05) is 6.92 Å². The van der Waals surface area contributed by atoms with Crippen LogP contribution >= 0.6 is 0 Å². The summed E-state index contributed by atoms with van der Waals surface area (Å²) in [4.78, 5) is 9.32. The molecule has 6 heavy (non-hydrogen) atoms. The predicted molar refractivity (Wildman–Crippen MR) is 22.0 cm³/mol. The smallest absolute Gasteiger partial charge is 0.293 e. The minimum absolute atomic E-state index is 0.420. The molecule has 0 aromatic carbocycles. The molecule has 0 atom stereocenters. The van der Waals surface area contributed by atoms with E-state index >= 15 is 0 Å². The molecule has 0 unspecified atom stereocenters. The summed E-state index contributed by atoms with van der Waals surface area (Å²) in [6, 6.07) is 0. The molecule has 2 nitrogen and oxygen atoms in total. The van der Waals surface area contributed by atoms with E-state index in [0.717, 1.165) is 0 Å². The van der Waals surface area contributed by atoms with E-state index in [1.54, 1.807) is 6.42 Å². The van der Waals surface area contributed by atoms with Crippen molar-refractivity contribution in [3.8, 4) is 0 Å². The molecular formula is C4H7O2. The van der Waals surface area contributed by atoms with Gasteiger partial charge >= 0.3 is 0 Å². The highest BCUT2D eigenvalue weighted by molar-refractivity contribution is 5.36. The average Bonchev–Trinajstić information content (AvgIpc) is 1.61. The molecule has 0 aromatic heterocycles. The normalized spacial score (nSPS) is 7.50. The Morgan fingerprint density at radius 2 is 2.50 bits per heavy atom. The molecule has 0 saturated heterocycles. The lowest BCUT2D eigenvalue weighted by atomic mass is 10.5. The fourth-order valence-corrected chi connectivity index (χ4v) is 0.136. The van der Waals surface area contributed by atoms with Gasteiger partial charge in [-0.25, -0.2) is 0 Å². The maximum Gasteiger partial charge on any atom is 0.293 e. The van der Waals surface area contributed by atoms with Gasteiger partial charge in [-0.1, -0.05) is 6.92 Å². The quantitative estimate of drug-likeness (QED) is 0.367. The lowest BCUT2D eigenvalue weighted by molar-refractivity contribution is -0.127. The Morgan fingerprint density at radius 3 is 2.67 bits per heavy atom. The molecule has 35 valence electrons. The van der Waals surface area contributed by atoms with Crippen molar-refractivity contribution >= 4 is 6.47 Å². The van der Waals surface area contributed by atoms with Crippen LogP contribution in [0, 0.1) is 6.42 Å². The van der Waals surface area contributed by atoms with Crippen LogP contribution in [0.4, 0.5) is 0 Å². The number of hydrogen-bond acceptors (Lipinski definition) is 2. The molecule has 2 heteroatoms. The standard InChI is InChI=1S/C4H7O2/c1-2-3-6-4-5/h2,4H,3H2,1H3. The SMILES string of the molecule is C[CH]COC=O. The van der Waals surface area contributed by atoms with Gasteiger partial charge in [0.2, 0.25) is 0 Å². The largest absolute Gasteiger partial charge is 0.468 e. The van der Waals surface area contributed by atoms with E-state index in [-0.39, 0.29) is 0 Å². The average molecular weight is 87.1 g/mol. The zero-order chi connectivity index (χ0) is 4.83. The second kappa shape index (κ2) is 4.47. The summed E-state index contributed by atoms with van der Waals surface area (Å²) in [5, 5.41) is 0. The van der Waals surface area contributed by atoms with E-state index < -0.39 is 0 Å². The molecule has 0 saturated carbocycles. The Bertz CT molecular complexity index is 34.5. The van der Waals surface area contributed by atoms with E-state index in [0.29, 0.717) is 13.1 Å². The Morgan fingerprint density at radius 1 is 1.83 bits per heavy atom. The zero-order valence-corrected chi connectivity index (χ0v) is 3.68. The Kier molecular flexibility index (Phi) is 4.08. The lowest BCUT2D eigenvalue weighted by Crippen LogP contribution is -1.87. The predicted octanol–water partition coefficient (Wildman–Crippen LogP) is 0.384. The van der Waals surface area contributed by atoms with Crippen LogP contribution in [0.15, 0.2) is 0 Å². The van der Waals surface area contributed by atoms with Crippen molar-refractivity contribution in [1.29, 1.82) is 0 Å². The van der Waals surface area contributed by atoms with Crippen molar-refractivity contribution < 1.29 is 9.53 Å². The van der Waals surface area contributed by atoms with Gasteiger partial charge < -0.3 is 4.74 Å². The Balaban J connectivity index is 2.49. The fraction of sp³-hybridized carbons (Fsp3) is 0.500. The molecule has 0 aliphatic heterocycles. The van der Waals surface area contributed by atoms with Crippen molar-refractivity contribution in [2.45, 2.75) is 6.92 Å². The molecule has 0 rings (SSSR count). The van der Waals surface area contributed by atoms with Crippen LogP contribution in [-0.2, 0) is 9.53 Å². The number of carbonyl (C=O) groups is 1. The van der Waals surface area contributed by atoms with E-state index in [4.69, 9.17) is 0 Å². The summed E-state index contributed by atoms with van der Waals surface area (Å²) in [7, 11) is 0. The fourth-order valence-electron chi connectivity index (χ4n) is 0.136. The zero-order valence-electron chi connectivity index (χ0n) is 3.68. The molecule has 0 aliphatic rings. The van der Waals surface area contributed by atoms with Gasteiger partial charge in [-0.2, -0.15) is 0 Å². The maximum atomic E-state index is 9.32. The lowest BCUT2D eigenvalue weighted by Gasteiger charge is -1.86. The maximum absolute atomic E-state index is 9.32. The molecule has 0 bridgehead atoms. The summed E-state index contributed by atoms with van der Waals surface area (Å²) in [5.74, 6) is 0. The Hall–Kier alpha value is -0.530. The molecule has 0 aromatic rings. The van der Waals surface area contributed by atoms with Crippen molar-refractivity contribution in [1.82, 2.24) is 0 Å². The summed E-state index contributed by atoms with van der Waals surface area (Å²) in [6.07, 6.45) is 1.76. The number of hydrogen-bond donors (Lipinski definition) is 0. The van der Waals surface area contributed by atoms with Crippen LogP contribution in [0.2, 0.25) is 0 Å². The third-order valence-corrected chi connectivity index (χ3v) is 0.331. The summed E-state index contributed by atoms with van der Waals surface area (Å²) >= 11 is 0. The Labute approximate surface area is 37.1 Å². The molecule has 0 N–H and O–H groups in total. The molecule has 0 heterocycles. The number of ether oxygens (including phenoxy) is 1. The third-order valence-electron chi connectivity index (χ3n) is 0.331. The molecule has 0 fully saturated rings. The van der Waals surface area contributed by atoms with Gasteiger partial charge in [-0.3, -0.25) is 4.79 Å². The molecule has 0 amide bonds. The van der Waals surface area contributed by atoms with Crippen molar-refractivity contribution in [3.63, 3.8) is 0 Å². The van der Waals surface area contributed by atoms with Crippen molar-refractivity contribution in [2.75, 3.05) is 6.61 Å². The highest BCUT2D eigenvalue weighted by Gasteiger charge is 1.72. The van der Waals surface area contributed by atoms with Gasteiger partial charge in [-0.15, -0.1) is 0 Å². The van der Waals surface area contributed by atoms with Gasteiger partial charge in [0.15, 0.2) is 0 Å². The topological polar surface area (TPSA) is 26.3 Å². The van der Waals surface area contributed by atoms with Gasteiger partial charge in [0.25, 0.3) is 6.47 Å². The van der Waals surface area contributed by atoms with Crippen LogP contribution in [0.25, 0.3) is 0 Å². The van der Waals surface area contributed by atoms with Crippen molar-refractivity contribution in [2.24, 2.45) is 0 Å². The second-order valence-electron chi connectivity index (χ2n) is 0.838. The molecule has 1 radical (unpaired) electrons. The summed E-state index contributed by atoms with van der Waals surface area (Å²) < 4.78 is 4.25. The van der Waals surface area contributed by atoms with E-state index in [1.165, 1.54) is 0 Å². The van der Waals surface area contributed by atoms with E-state index in [2.05, 4.69) is 4.74 Å². The van der Waals surface area contributed by atoms with Gasteiger partial charge in [-0.05, 0) is 6.42 Å². The summed E-state index contributed by atoms with van der Waals surface area (Å²) in [5.41, 5.74) is 0.